The number of fused-ring (bicyclic) bond motifs is 1. The van der Waals surface area contributed by atoms with Crippen molar-refractivity contribution in [2.24, 2.45) is 5.92 Å². The number of benzene rings is 1. The zero-order valence-electron chi connectivity index (χ0n) is 15.9. The van der Waals surface area contributed by atoms with E-state index >= 15 is 0 Å². The summed E-state index contributed by atoms with van der Waals surface area (Å²) in [5.41, 5.74) is 0.814. The molecule has 3 aliphatic rings. The van der Waals surface area contributed by atoms with Gasteiger partial charge in [0.15, 0.2) is 11.5 Å². The SMILES string of the molecule is O=C(C1CCCCC1)N1CCCC(c2nnc(-c3ccc4c(c3)OCO4)o2)C1. The fourth-order valence-electron chi connectivity index (χ4n) is 4.53. The van der Waals surface area contributed by atoms with Crippen LogP contribution in [-0.2, 0) is 4.79 Å². The minimum atomic E-state index is 0.108. The molecule has 0 radical (unpaired) electrons. The van der Waals surface area contributed by atoms with Gasteiger partial charge in [-0.15, -0.1) is 10.2 Å². The Kier molecular flexibility index (Phi) is 4.66. The van der Waals surface area contributed by atoms with Crippen molar-refractivity contribution < 1.29 is 18.7 Å². The standard InChI is InChI=1S/C21H25N3O4/c25-21(14-5-2-1-3-6-14)24-10-4-7-16(12-24)20-23-22-19(28-20)15-8-9-17-18(11-15)27-13-26-17/h8-9,11,14,16H,1-7,10,12-13H2. The number of ether oxygens (including phenoxy) is 2. The van der Waals surface area contributed by atoms with E-state index in [1.54, 1.807) is 0 Å². The third-order valence-corrected chi connectivity index (χ3v) is 6.10. The Hall–Kier alpha value is -2.57. The summed E-state index contributed by atoms with van der Waals surface area (Å²) in [4.78, 5) is 14.9. The molecular weight excluding hydrogens is 358 g/mol. The zero-order valence-corrected chi connectivity index (χ0v) is 15.9. The van der Waals surface area contributed by atoms with E-state index in [0.29, 0.717) is 30.0 Å². The van der Waals surface area contributed by atoms with Crippen LogP contribution in [0.4, 0.5) is 0 Å². The average Bonchev–Trinajstić information content (AvgIpc) is 3.43. The molecule has 1 aromatic carbocycles. The highest BCUT2D eigenvalue weighted by atomic mass is 16.7. The minimum absolute atomic E-state index is 0.108. The van der Waals surface area contributed by atoms with E-state index in [0.717, 1.165) is 43.5 Å². The first-order valence-electron chi connectivity index (χ1n) is 10.3. The second-order valence-electron chi connectivity index (χ2n) is 7.97. The van der Waals surface area contributed by atoms with Gasteiger partial charge in [0, 0.05) is 24.6 Å². The van der Waals surface area contributed by atoms with Gasteiger partial charge in [-0.2, -0.15) is 0 Å². The molecule has 0 N–H and O–H groups in total. The van der Waals surface area contributed by atoms with Gasteiger partial charge in [-0.3, -0.25) is 4.79 Å². The summed E-state index contributed by atoms with van der Waals surface area (Å²) in [6, 6.07) is 5.61. The topological polar surface area (TPSA) is 77.7 Å². The molecule has 5 rings (SSSR count). The number of likely N-dealkylation sites (tertiary alicyclic amines) is 1. The molecule has 3 heterocycles. The Bertz CT molecular complexity index is 859. The van der Waals surface area contributed by atoms with Crippen LogP contribution in [0.2, 0.25) is 0 Å². The van der Waals surface area contributed by atoms with Crippen molar-refractivity contribution in [1.82, 2.24) is 15.1 Å². The summed E-state index contributed by atoms with van der Waals surface area (Å²) in [6.07, 6.45) is 7.63. The van der Waals surface area contributed by atoms with E-state index in [2.05, 4.69) is 10.2 Å². The summed E-state index contributed by atoms with van der Waals surface area (Å²) in [7, 11) is 0. The highest BCUT2D eigenvalue weighted by Gasteiger charge is 2.32. The van der Waals surface area contributed by atoms with Gasteiger partial charge in [0.1, 0.15) is 0 Å². The molecule has 2 aliphatic heterocycles. The maximum atomic E-state index is 12.9. The van der Waals surface area contributed by atoms with Crippen molar-refractivity contribution in [2.45, 2.75) is 50.9 Å². The van der Waals surface area contributed by atoms with E-state index in [-0.39, 0.29) is 18.6 Å². The number of aromatic nitrogens is 2. The maximum absolute atomic E-state index is 12.9. The van der Waals surface area contributed by atoms with Crippen LogP contribution < -0.4 is 9.47 Å². The second-order valence-corrected chi connectivity index (χ2v) is 7.97. The Morgan fingerprint density at radius 2 is 1.86 bits per heavy atom. The first-order chi connectivity index (χ1) is 13.8. The number of nitrogens with zero attached hydrogens (tertiary/aromatic N) is 3. The number of amides is 1. The Morgan fingerprint density at radius 1 is 1.00 bits per heavy atom. The Morgan fingerprint density at radius 3 is 2.75 bits per heavy atom. The fraction of sp³-hybridized carbons (Fsp3) is 0.571. The lowest BCUT2D eigenvalue weighted by molar-refractivity contribution is -0.137. The van der Waals surface area contributed by atoms with E-state index < -0.39 is 0 Å². The maximum Gasteiger partial charge on any atom is 0.247 e. The number of hydrogen-bond donors (Lipinski definition) is 0. The molecule has 28 heavy (non-hydrogen) atoms. The molecule has 7 nitrogen and oxygen atoms in total. The molecule has 0 bridgehead atoms. The highest BCUT2D eigenvalue weighted by molar-refractivity contribution is 5.79. The smallest absolute Gasteiger partial charge is 0.247 e. The molecule has 1 atom stereocenters. The molecule has 1 aliphatic carbocycles. The van der Waals surface area contributed by atoms with Gasteiger partial charge in [0.05, 0.1) is 5.92 Å². The van der Waals surface area contributed by atoms with Crippen LogP contribution in [0.5, 0.6) is 11.5 Å². The molecule has 2 aromatic rings. The molecular formula is C21H25N3O4. The van der Waals surface area contributed by atoms with E-state index in [1.807, 2.05) is 23.1 Å². The van der Waals surface area contributed by atoms with Crippen molar-refractivity contribution in [1.29, 1.82) is 0 Å². The summed E-state index contributed by atoms with van der Waals surface area (Å²) in [5, 5.41) is 8.52. The predicted octanol–water partition coefficient (Wildman–Crippen LogP) is 3.75. The van der Waals surface area contributed by atoms with Crippen LogP contribution in [0.1, 0.15) is 56.8 Å². The monoisotopic (exact) mass is 383 g/mol. The molecule has 1 unspecified atom stereocenters. The largest absolute Gasteiger partial charge is 0.454 e. The lowest BCUT2D eigenvalue weighted by Gasteiger charge is -2.34. The van der Waals surface area contributed by atoms with Crippen LogP contribution in [0, 0.1) is 5.92 Å². The Balaban J connectivity index is 1.29. The van der Waals surface area contributed by atoms with Crippen molar-refractivity contribution >= 4 is 5.91 Å². The van der Waals surface area contributed by atoms with Gasteiger partial charge in [0.2, 0.25) is 24.5 Å². The molecule has 0 spiro atoms. The summed E-state index contributed by atoms with van der Waals surface area (Å²) in [6.45, 7) is 1.76. The fourth-order valence-corrected chi connectivity index (χ4v) is 4.53. The molecule has 1 saturated carbocycles. The van der Waals surface area contributed by atoms with Crippen LogP contribution >= 0.6 is 0 Å². The van der Waals surface area contributed by atoms with Crippen molar-refractivity contribution in [2.75, 3.05) is 19.9 Å². The van der Waals surface area contributed by atoms with Crippen LogP contribution in [0.15, 0.2) is 22.6 Å². The van der Waals surface area contributed by atoms with Crippen molar-refractivity contribution in [3.8, 4) is 23.0 Å². The van der Waals surface area contributed by atoms with Gasteiger partial charge in [-0.05, 0) is 43.9 Å². The zero-order chi connectivity index (χ0) is 18.9. The third-order valence-electron chi connectivity index (χ3n) is 6.10. The lowest BCUT2D eigenvalue weighted by atomic mass is 9.87. The number of piperidine rings is 1. The van der Waals surface area contributed by atoms with Gasteiger partial charge in [0.25, 0.3) is 0 Å². The van der Waals surface area contributed by atoms with Gasteiger partial charge < -0.3 is 18.8 Å². The number of hydrogen-bond acceptors (Lipinski definition) is 6. The third kappa shape index (κ3) is 3.34. The average molecular weight is 383 g/mol. The molecule has 1 saturated heterocycles. The van der Waals surface area contributed by atoms with Crippen LogP contribution in [0.25, 0.3) is 11.5 Å². The molecule has 2 fully saturated rings. The first-order valence-corrected chi connectivity index (χ1v) is 10.3. The van der Waals surface area contributed by atoms with E-state index in [1.165, 1.54) is 19.3 Å². The number of rotatable bonds is 3. The normalized spacial score (nSPS) is 22.4. The van der Waals surface area contributed by atoms with Gasteiger partial charge in [-0.25, -0.2) is 0 Å². The number of carbonyl (C=O) groups is 1. The second kappa shape index (κ2) is 7.45. The van der Waals surface area contributed by atoms with Gasteiger partial charge in [-0.1, -0.05) is 19.3 Å². The lowest BCUT2D eigenvalue weighted by Crippen LogP contribution is -2.42. The highest BCUT2D eigenvalue weighted by Crippen LogP contribution is 2.36. The van der Waals surface area contributed by atoms with Crippen LogP contribution in [0.3, 0.4) is 0 Å². The molecule has 7 heteroatoms. The van der Waals surface area contributed by atoms with Crippen molar-refractivity contribution in [3.05, 3.63) is 24.1 Å². The minimum Gasteiger partial charge on any atom is -0.454 e. The summed E-state index contributed by atoms with van der Waals surface area (Å²) in [5.74, 6) is 3.15. The summed E-state index contributed by atoms with van der Waals surface area (Å²) >= 11 is 0. The molecule has 148 valence electrons. The van der Waals surface area contributed by atoms with E-state index in [9.17, 15) is 4.79 Å². The molecule has 1 amide bonds. The quantitative estimate of drug-likeness (QED) is 0.803. The van der Waals surface area contributed by atoms with E-state index in [4.69, 9.17) is 13.9 Å². The predicted molar refractivity (Wildman–Crippen MR) is 101 cm³/mol. The Labute approximate surface area is 164 Å². The van der Waals surface area contributed by atoms with Crippen LogP contribution in [-0.4, -0.2) is 40.9 Å². The van der Waals surface area contributed by atoms with Gasteiger partial charge >= 0.3 is 0 Å². The number of carbonyl (C=O) groups excluding carboxylic acids is 1. The summed E-state index contributed by atoms with van der Waals surface area (Å²) < 4.78 is 16.8. The van der Waals surface area contributed by atoms with Crippen molar-refractivity contribution in [3.63, 3.8) is 0 Å². The first kappa shape index (κ1) is 17.5. The molecule has 1 aromatic heterocycles.